The highest BCUT2D eigenvalue weighted by molar-refractivity contribution is 5.74. The van der Waals surface area contributed by atoms with Crippen LogP contribution in [0.25, 0.3) is 11.2 Å². The predicted molar refractivity (Wildman–Crippen MR) is 80.9 cm³/mol. The number of urea groups is 1. The first kappa shape index (κ1) is 16.2. The molecule has 0 bridgehead atoms. The number of H-pyrrole nitrogens is 1. The average molecular weight is 339 g/mol. The molecule has 2 aromatic heterocycles. The van der Waals surface area contributed by atoms with Gasteiger partial charge in [-0.25, -0.2) is 9.78 Å². The summed E-state index contributed by atoms with van der Waals surface area (Å²) in [7, 11) is 1.42. The van der Waals surface area contributed by atoms with Gasteiger partial charge in [-0.15, -0.1) is 0 Å². The number of amides is 2. The number of aromatic nitrogens is 4. The first-order valence-electron chi connectivity index (χ1n) is 7.11. The van der Waals surface area contributed by atoms with Crippen LogP contribution in [0.1, 0.15) is 6.23 Å². The molecule has 3 heterocycles. The standard InChI is InChI=1S/C12H17N7O5/c1-14-12(23)16-5-7(21)4(2-20)24-10(5)19-3-15-6-8(19)17-11(13)18-9(6)22/h3-5,7,10,20-21H,2H2,1H3,(H2,14,16,23)(H3,13,17,18,22)/t4-,5-,7-,10-/m1/s1. The number of aromatic amines is 1. The zero-order valence-corrected chi connectivity index (χ0v) is 12.6. The molecule has 1 fully saturated rings. The van der Waals surface area contributed by atoms with Gasteiger partial charge in [-0.2, -0.15) is 4.98 Å². The molecule has 3 rings (SSSR count). The van der Waals surface area contributed by atoms with Crippen molar-refractivity contribution < 1.29 is 19.7 Å². The van der Waals surface area contributed by atoms with Gasteiger partial charge in [0.05, 0.1) is 12.9 Å². The Labute approximate surface area is 134 Å². The Hall–Kier alpha value is -2.70. The number of anilines is 1. The topological polar surface area (TPSA) is 180 Å². The smallest absolute Gasteiger partial charge is 0.314 e. The number of nitrogens with zero attached hydrogens (tertiary/aromatic N) is 3. The van der Waals surface area contributed by atoms with Crippen LogP contribution in [0.4, 0.5) is 10.7 Å². The van der Waals surface area contributed by atoms with Gasteiger partial charge in [0.25, 0.3) is 5.56 Å². The van der Waals surface area contributed by atoms with Gasteiger partial charge in [0.15, 0.2) is 17.4 Å². The second-order valence-electron chi connectivity index (χ2n) is 5.26. The number of aliphatic hydroxyl groups excluding tert-OH is 2. The van der Waals surface area contributed by atoms with E-state index in [2.05, 4.69) is 25.6 Å². The third kappa shape index (κ3) is 2.55. The highest BCUT2D eigenvalue weighted by Gasteiger charge is 2.45. The van der Waals surface area contributed by atoms with Crippen LogP contribution >= 0.6 is 0 Å². The molecule has 130 valence electrons. The summed E-state index contributed by atoms with van der Waals surface area (Å²) in [5.41, 5.74) is 5.20. The molecular weight excluding hydrogens is 322 g/mol. The fraction of sp³-hybridized carbons (Fsp3) is 0.500. The van der Waals surface area contributed by atoms with Gasteiger partial charge in [-0.05, 0) is 0 Å². The Morgan fingerprint density at radius 1 is 1.58 bits per heavy atom. The van der Waals surface area contributed by atoms with E-state index in [0.717, 1.165) is 0 Å². The minimum absolute atomic E-state index is 0.0356. The van der Waals surface area contributed by atoms with Crippen molar-refractivity contribution in [1.29, 1.82) is 0 Å². The summed E-state index contributed by atoms with van der Waals surface area (Å²) in [4.78, 5) is 33.8. The summed E-state index contributed by atoms with van der Waals surface area (Å²) >= 11 is 0. The molecule has 24 heavy (non-hydrogen) atoms. The number of fused-ring (bicyclic) bond motifs is 1. The van der Waals surface area contributed by atoms with E-state index in [1.54, 1.807) is 0 Å². The third-order valence-electron chi connectivity index (χ3n) is 3.80. The van der Waals surface area contributed by atoms with Crippen LogP contribution in [-0.4, -0.2) is 67.7 Å². The predicted octanol–water partition coefficient (Wildman–Crippen LogP) is -2.75. The van der Waals surface area contributed by atoms with Gasteiger partial charge in [0.1, 0.15) is 18.2 Å². The minimum atomic E-state index is -1.17. The summed E-state index contributed by atoms with van der Waals surface area (Å²) in [6.45, 7) is -0.452. The van der Waals surface area contributed by atoms with Gasteiger partial charge in [0.2, 0.25) is 5.95 Å². The monoisotopic (exact) mass is 339 g/mol. The highest BCUT2D eigenvalue weighted by atomic mass is 16.5. The number of imidazole rings is 1. The molecule has 4 atom stereocenters. The van der Waals surface area contributed by atoms with Gasteiger partial charge in [-0.1, -0.05) is 0 Å². The summed E-state index contributed by atoms with van der Waals surface area (Å²) in [6, 6.07) is -1.44. The molecule has 1 saturated heterocycles. The molecule has 0 spiro atoms. The van der Waals surface area contributed by atoms with Crippen molar-refractivity contribution in [1.82, 2.24) is 30.2 Å². The van der Waals surface area contributed by atoms with E-state index in [-0.39, 0.29) is 17.1 Å². The summed E-state index contributed by atoms with van der Waals surface area (Å²) in [5, 5.41) is 24.5. The number of rotatable bonds is 3. The van der Waals surface area contributed by atoms with E-state index in [1.807, 2.05) is 0 Å². The Bertz CT molecular complexity index is 818. The van der Waals surface area contributed by atoms with Gasteiger partial charge >= 0.3 is 6.03 Å². The Balaban J connectivity index is 2.05. The maximum atomic E-state index is 11.9. The largest absolute Gasteiger partial charge is 0.394 e. The van der Waals surface area contributed by atoms with Crippen molar-refractivity contribution >= 4 is 23.1 Å². The molecule has 12 heteroatoms. The SMILES string of the molecule is CNC(=O)N[C@@H]1[C@H](O)[C@@H](CO)O[C@H]1n1cnc2c(=O)[nH]c(N)nc21. The number of nitrogen functional groups attached to an aromatic ring is 1. The van der Waals surface area contributed by atoms with E-state index in [0.29, 0.717) is 0 Å². The molecule has 0 unspecified atom stereocenters. The third-order valence-corrected chi connectivity index (χ3v) is 3.80. The van der Waals surface area contributed by atoms with Crippen LogP contribution < -0.4 is 21.9 Å². The molecule has 2 aromatic rings. The molecule has 0 aliphatic carbocycles. The molecule has 1 aliphatic rings. The zero-order valence-electron chi connectivity index (χ0n) is 12.6. The fourth-order valence-electron chi connectivity index (χ4n) is 2.64. The van der Waals surface area contributed by atoms with E-state index < -0.39 is 42.7 Å². The van der Waals surface area contributed by atoms with Crippen LogP contribution in [0.3, 0.4) is 0 Å². The number of hydrogen-bond acceptors (Lipinski definition) is 8. The average Bonchev–Trinajstić information content (AvgIpc) is 3.09. The molecule has 12 nitrogen and oxygen atoms in total. The van der Waals surface area contributed by atoms with Crippen LogP contribution in [0.15, 0.2) is 11.1 Å². The highest BCUT2D eigenvalue weighted by Crippen LogP contribution is 2.31. The van der Waals surface area contributed by atoms with Gasteiger partial charge in [0, 0.05) is 7.05 Å². The van der Waals surface area contributed by atoms with Crippen LogP contribution in [0, 0.1) is 0 Å². The number of carbonyl (C=O) groups is 1. The quantitative estimate of drug-likeness (QED) is 0.348. The normalized spacial score (nSPS) is 26.6. The van der Waals surface area contributed by atoms with Crippen LogP contribution in [0.2, 0.25) is 0 Å². The summed E-state index contributed by atoms with van der Waals surface area (Å²) < 4.78 is 6.98. The lowest BCUT2D eigenvalue weighted by Gasteiger charge is -2.22. The maximum absolute atomic E-state index is 11.9. The van der Waals surface area contributed by atoms with E-state index in [9.17, 15) is 19.8 Å². The molecular formula is C12H17N7O5. The molecule has 0 saturated carbocycles. The number of hydrogen-bond donors (Lipinski definition) is 6. The lowest BCUT2D eigenvalue weighted by molar-refractivity contribution is -0.0439. The number of nitrogens with one attached hydrogen (secondary N) is 3. The second kappa shape index (κ2) is 6.07. The Kier molecular flexibility index (Phi) is 4.09. The maximum Gasteiger partial charge on any atom is 0.314 e. The van der Waals surface area contributed by atoms with Crippen molar-refractivity contribution in [2.45, 2.75) is 24.5 Å². The van der Waals surface area contributed by atoms with Crippen molar-refractivity contribution in [3.8, 4) is 0 Å². The lowest BCUT2D eigenvalue weighted by Crippen LogP contribution is -2.49. The molecule has 2 amide bonds. The van der Waals surface area contributed by atoms with Crippen LogP contribution in [-0.2, 0) is 4.74 Å². The van der Waals surface area contributed by atoms with Crippen molar-refractivity contribution in [3.63, 3.8) is 0 Å². The number of aliphatic hydroxyl groups is 2. The molecule has 0 radical (unpaired) electrons. The molecule has 7 N–H and O–H groups in total. The number of nitrogens with two attached hydrogens (primary N) is 1. The summed E-state index contributed by atoms with van der Waals surface area (Å²) in [6.07, 6.45) is -1.74. The molecule has 1 aliphatic heterocycles. The van der Waals surface area contributed by atoms with Crippen molar-refractivity contribution in [2.75, 3.05) is 19.4 Å². The van der Waals surface area contributed by atoms with Gasteiger partial charge < -0.3 is 31.3 Å². The number of carbonyl (C=O) groups excluding carboxylic acids is 1. The second-order valence-corrected chi connectivity index (χ2v) is 5.26. The Morgan fingerprint density at radius 3 is 3.00 bits per heavy atom. The zero-order chi connectivity index (χ0) is 17.4. The van der Waals surface area contributed by atoms with E-state index >= 15 is 0 Å². The van der Waals surface area contributed by atoms with Gasteiger partial charge in [-0.3, -0.25) is 14.3 Å². The lowest BCUT2D eigenvalue weighted by atomic mass is 10.1. The minimum Gasteiger partial charge on any atom is -0.394 e. The number of ether oxygens (including phenoxy) is 1. The fourth-order valence-corrected chi connectivity index (χ4v) is 2.64. The molecule has 0 aromatic carbocycles. The van der Waals surface area contributed by atoms with Crippen LogP contribution in [0.5, 0.6) is 0 Å². The first-order valence-corrected chi connectivity index (χ1v) is 7.11. The first-order chi connectivity index (χ1) is 11.5. The van der Waals surface area contributed by atoms with E-state index in [1.165, 1.54) is 17.9 Å². The van der Waals surface area contributed by atoms with Crippen molar-refractivity contribution in [3.05, 3.63) is 16.7 Å². The summed E-state index contributed by atoms with van der Waals surface area (Å²) in [5.74, 6) is -0.109. The Morgan fingerprint density at radius 2 is 2.33 bits per heavy atom. The van der Waals surface area contributed by atoms with Crippen molar-refractivity contribution in [2.24, 2.45) is 0 Å². The van der Waals surface area contributed by atoms with E-state index in [4.69, 9.17) is 10.5 Å².